The van der Waals surface area contributed by atoms with Gasteiger partial charge in [-0.3, -0.25) is 14.4 Å². The average Bonchev–Trinajstić information content (AvgIpc) is 3.45. The minimum Gasteiger partial charge on any atom is -0.481 e. The highest BCUT2D eigenvalue weighted by Crippen LogP contribution is 2.36. The van der Waals surface area contributed by atoms with Gasteiger partial charge in [0.05, 0.1) is 11.8 Å². The van der Waals surface area contributed by atoms with E-state index in [4.69, 9.17) is 4.42 Å². The number of nitrogens with zero attached hydrogens (tertiary/aromatic N) is 3. The number of hydrogen-bond donors (Lipinski definition) is 2. The highest BCUT2D eigenvalue weighted by Gasteiger charge is 2.42. The Labute approximate surface area is 234 Å². The van der Waals surface area contributed by atoms with Crippen molar-refractivity contribution in [3.63, 3.8) is 0 Å². The number of carbonyl (C=O) groups is 3. The Hall–Kier alpha value is -4.35. The molecule has 2 amide bonds. The summed E-state index contributed by atoms with van der Waals surface area (Å²) < 4.78 is 45.8. The molecule has 2 heterocycles. The van der Waals surface area contributed by atoms with Crippen LogP contribution in [0.2, 0.25) is 0 Å². The Morgan fingerprint density at radius 1 is 0.902 bits per heavy atom. The second kappa shape index (κ2) is 11.6. The first-order chi connectivity index (χ1) is 19.6. The number of aromatic nitrogens is 1. The van der Waals surface area contributed by atoms with E-state index in [9.17, 15) is 32.7 Å². The number of carbonyl (C=O) groups excluding carboxylic acids is 2. The predicted molar refractivity (Wildman–Crippen MR) is 143 cm³/mol. The molecule has 3 aromatic rings. The Bertz CT molecular complexity index is 1400. The van der Waals surface area contributed by atoms with Gasteiger partial charge >= 0.3 is 12.1 Å². The molecular formula is C29H29F3N4O5. The average molecular weight is 571 g/mol. The standard InChI is InChI=1S/C29H29F3N4O5/c30-29(31,32)24-23(34-26(41-24)18-6-2-1-3-7-18)25(37)33-19-10-12-20(13-11-19)35-14-16-36(17-15-35)27(38)21-8-4-5-9-22(21)28(39)40/h1-3,6-7,10-13,21-22H,4-5,8-9,14-17H2,(H,33,37)(H,39,40). The second-order valence-corrected chi connectivity index (χ2v) is 10.2. The van der Waals surface area contributed by atoms with E-state index in [1.807, 2.05) is 0 Å². The minimum absolute atomic E-state index is 0.101. The molecule has 2 atom stereocenters. The molecule has 1 aromatic heterocycles. The van der Waals surface area contributed by atoms with Crippen molar-refractivity contribution >= 4 is 29.2 Å². The Kier molecular flexibility index (Phi) is 8.00. The topological polar surface area (TPSA) is 116 Å². The van der Waals surface area contributed by atoms with E-state index in [0.29, 0.717) is 44.6 Å². The number of oxazole rings is 1. The van der Waals surface area contributed by atoms with Crippen LogP contribution in [0.5, 0.6) is 0 Å². The van der Waals surface area contributed by atoms with Crippen LogP contribution in [0.1, 0.15) is 41.9 Å². The highest BCUT2D eigenvalue weighted by molar-refractivity contribution is 6.04. The van der Waals surface area contributed by atoms with E-state index in [0.717, 1.165) is 18.5 Å². The third-order valence-corrected chi connectivity index (χ3v) is 7.60. The summed E-state index contributed by atoms with van der Waals surface area (Å²) in [5.74, 6) is -4.96. The Morgan fingerprint density at radius 2 is 1.54 bits per heavy atom. The van der Waals surface area contributed by atoms with E-state index in [2.05, 4.69) is 15.2 Å². The Morgan fingerprint density at radius 3 is 2.15 bits per heavy atom. The maximum Gasteiger partial charge on any atom is 0.452 e. The van der Waals surface area contributed by atoms with Crippen LogP contribution in [0.3, 0.4) is 0 Å². The molecule has 2 aliphatic rings. The Balaban J connectivity index is 1.21. The van der Waals surface area contributed by atoms with Crippen molar-refractivity contribution in [3.8, 4) is 11.5 Å². The van der Waals surface area contributed by atoms with E-state index < -0.39 is 41.3 Å². The van der Waals surface area contributed by atoms with Crippen LogP contribution in [-0.4, -0.2) is 59.0 Å². The van der Waals surface area contributed by atoms with Crippen LogP contribution in [-0.2, 0) is 15.8 Å². The molecule has 1 saturated heterocycles. The van der Waals surface area contributed by atoms with Crippen LogP contribution < -0.4 is 10.2 Å². The third-order valence-electron chi connectivity index (χ3n) is 7.60. The van der Waals surface area contributed by atoms with Crippen molar-refractivity contribution in [2.75, 3.05) is 36.4 Å². The molecule has 2 unspecified atom stereocenters. The SMILES string of the molecule is O=C(Nc1ccc(N2CCN(C(=O)C3CCCCC3C(=O)O)CC2)cc1)c1nc(-c2ccccc2)oc1C(F)(F)F. The van der Waals surface area contributed by atoms with Gasteiger partial charge in [-0.25, -0.2) is 4.98 Å². The molecule has 2 N–H and O–H groups in total. The van der Waals surface area contributed by atoms with Crippen LogP contribution in [0.25, 0.3) is 11.5 Å². The molecule has 9 nitrogen and oxygen atoms in total. The van der Waals surface area contributed by atoms with Crippen molar-refractivity contribution in [2.24, 2.45) is 11.8 Å². The number of alkyl halides is 3. The molecule has 5 rings (SSSR count). The second-order valence-electron chi connectivity index (χ2n) is 10.2. The van der Waals surface area contributed by atoms with Crippen molar-refractivity contribution in [1.82, 2.24) is 9.88 Å². The van der Waals surface area contributed by atoms with Gasteiger partial charge in [-0.15, -0.1) is 0 Å². The molecule has 2 fully saturated rings. The number of aliphatic carboxylic acids is 1. The lowest BCUT2D eigenvalue weighted by Gasteiger charge is -2.39. The minimum atomic E-state index is -4.91. The summed E-state index contributed by atoms with van der Waals surface area (Å²) >= 11 is 0. The summed E-state index contributed by atoms with van der Waals surface area (Å²) in [6.45, 7) is 1.99. The molecule has 0 radical (unpaired) electrons. The van der Waals surface area contributed by atoms with Gasteiger partial charge in [-0.1, -0.05) is 31.0 Å². The lowest BCUT2D eigenvalue weighted by atomic mass is 9.78. The van der Waals surface area contributed by atoms with Crippen LogP contribution in [0.15, 0.2) is 59.0 Å². The monoisotopic (exact) mass is 570 g/mol. The zero-order valence-electron chi connectivity index (χ0n) is 22.1. The number of rotatable bonds is 6. The maximum atomic E-state index is 13.6. The molecule has 0 bridgehead atoms. The van der Waals surface area contributed by atoms with Gasteiger partial charge in [0.25, 0.3) is 5.91 Å². The molecule has 41 heavy (non-hydrogen) atoms. The van der Waals surface area contributed by atoms with Gasteiger partial charge in [0, 0.05) is 43.1 Å². The summed E-state index contributed by atoms with van der Waals surface area (Å²) in [5, 5.41) is 12.0. The smallest absolute Gasteiger partial charge is 0.452 e. The highest BCUT2D eigenvalue weighted by atomic mass is 19.4. The van der Waals surface area contributed by atoms with Crippen LogP contribution in [0.4, 0.5) is 24.5 Å². The van der Waals surface area contributed by atoms with E-state index in [1.165, 1.54) is 12.1 Å². The van der Waals surface area contributed by atoms with Gasteiger partial charge < -0.3 is 24.6 Å². The zero-order valence-corrected chi connectivity index (χ0v) is 22.1. The molecule has 2 aromatic carbocycles. The van der Waals surface area contributed by atoms with Crippen LogP contribution >= 0.6 is 0 Å². The van der Waals surface area contributed by atoms with Crippen LogP contribution in [0, 0.1) is 11.8 Å². The largest absolute Gasteiger partial charge is 0.481 e. The summed E-state index contributed by atoms with van der Waals surface area (Å²) in [7, 11) is 0. The van der Waals surface area contributed by atoms with E-state index >= 15 is 0 Å². The number of benzene rings is 2. The predicted octanol–water partition coefficient (Wildman–Crippen LogP) is 5.15. The first-order valence-electron chi connectivity index (χ1n) is 13.4. The lowest BCUT2D eigenvalue weighted by molar-refractivity contribution is -0.153. The molecular weight excluding hydrogens is 541 g/mol. The summed E-state index contributed by atoms with van der Waals surface area (Å²) in [4.78, 5) is 45.1. The summed E-state index contributed by atoms with van der Waals surface area (Å²) in [6, 6.07) is 14.6. The number of piperazine rings is 1. The van der Waals surface area contributed by atoms with E-state index in [1.54, 1.807) is 47.4 Å². The summed E-state index contributed by atoms with van der Waals surface area (Å²) in [5.41, 5.74) is 0.551. The third kappa shape index (κ3) is 6.21. The normalized spacial score (nSPS) is 19.6. The van der Waals surface area contributed by atoms with E-state index in [-0.39, 0.29) is 17.5 Å². The van der Waals surface area contributed by atoms with Gasteiger partial charge in [0.2, 0.25) is 17.6 Å². The fourth-order valence-corrected chi connectivity index (χ4v) is 5.46. The first-order valence-corrected chi connectivity index (χ1v) is 13.4. The van der Waals surface area contributed by atoms with Gasteiger partial charge in [-0.2, -0.15) is 13.2 Å². The maximum absolute atomic E-state index is 13.6. The molecule has 12 heteroatoms. The molecule has 216 valence electrons. The number of nitrogens with one attached hydrogen (secondary N) is 1. The molecule has 1 saturated carbocycles. The van der Waals surface area contributed by atoms with Gasteiger partial charge in [-0.05, 0) is 49.2 Å². The number of halogens is 3. The zero-order chi connectivity index (χ0) is 29.1. The number of carboxylic acid groups (broad SMARTS) is 1. The fraction of sp³-hybridized carbons (Fsp3) is 0.379. The number of anilines is 2. The van der Waals surface area contributed by atoms with Gasteiger partial charge in [0.15, 0.2) is 5.69 Å². The number of hydrogen-bond acceptors (Lipinski definition) is 6. The summed E-state index contributed by atoms with van der Waals surface area (Å²) in [6.07, 6.45) is -2.12. The molecule has 1 aliphatic carbocycles. The number of carboxylic acids is 1. The van der Waals surface area contributed by atoms with Crippen molar-refractivity contribution in [1.29, 1.82) is 0 Å². The lowest BCUT2D eigenvalue weighted by Crippen LogP contribution is -2.52. The van der Waals surface area contributed by atoms with Crippen molar-refractivity contribution < 1.29 is 37.1 Å². The van der Waals surface area contributed by atoms with Crippen molar-refractivity contribution in [3.05, 3.63) is 66.1 Å². The molecule has 1 aliphatic heterocycles. The molecule has 0 spiro atoms. The van der Waals surface area contributed by atoms with Crippen molar-refractivity contribution in [2.45, 2.75) is 31.9 Å². The van der Waals surface area contributed by atoms with Gasteiger partial charge in [0.1, 0.15) is 0 Å². The fourth-order valence-electron chi connectivity index (χ4n) is 5.46. The number of amides is 2. The first kappa shape index (κ1) is 28.2. The quantitative estimate of drug-likeness (QED) is 0.421.